The molecule has 0 aliphatic rings. The summed E-state index contributed by atoms with van der Waals surface area (Å²) in [6.45, 7) is 9.43. The molecule has 0 unspecified atom stereocenters. The molecule has 22 aromatic rings. The third-order valence-electron chi connectivity index (χ3n) is 22.0. The average Bonchev–Trinajstić information content (AvgIpc) is 1.54. The van der Waals surface area contributed by atoms with E-state index in [1.165, 1.54) is 0 Å². The quantitative estimate of drug-likeness (QED) is 0.0777. The highest BCUT2D eigenvalue weighted by Gasteiger charge is 2.29. The van der Waals surface area contributed by atoms with Crippen LogP contribution >= 0.6 is 0 Å². The molecule has 0 N–H and O–H groups in total. The molecule has 7 aromatic heterocycles. The maximum atomic E-state index is 9.43. The van der Waals surface area contributed by atoms with Crippen LogP contribution in [0.15, 0.2) is 388 Å². The monoisotopic (exact) mass is 1590 g/mol. The largest absolute Gasteiger partial charge is 0.310 e. The summed E-state index contributed by atoms with van der Waals surface area (Å²) in [5.74, 6) is 7.12. The van der Waals surface area contributed by atoms with Gasteiger partial charge in [-0.2, -0.15) is 0 Å². The Hall–Kier alpha value is -17.6. The number of fused-ring (bicyclic) bond motifs is 6. The van der Waals surface area contributed by atoms with Gasteiger partial charge in [0.25, 0.3) is 0 Å². The van der Waals surface area contributed by atoms with E-state index in [4.69, 9.17) is 74.8 Å². The van der Waals surface area contributed by atoms with Crippen molar-refractivity contribution >= 4 is 49.3 Å². The molecule has 22 rings (SSSR count). The summed E-state index contributed by atoms with van der Waals surface area (Å²) >= 11 is 0. The summed E-state index contributed by atoms with van der Waals surface area (Å²) < 4.78 is 4.45. The van der Waals surface area contributed by atoms with Crippen molar-refractivity contribution in [2.24, 2.45) is 0 Å². The molecule has 15 aromatic carbocycles. The number of hydrogen-bond acceptors (Lipinski definition) is 15. The molecule has 0 saturated heterocycles. The molecule has 0 aliphatic carbocycles. The molecule has 124 heavy (non-hydrogen) atoms. The minimum absolute atomic E-state index is 0.319. The Bertz CT molecular complexity index is 6830. The molecule has 0 atom stereocenters. The van der Waals surface area contributed by atoms with Gasteiger partial charge in [-0.15, -0.1) is 0 Å². The number of hydrogen-bond donors (Lipinski definition) is 0. The maximum absolute atomic E-state index is 9.43. The third kappa shape index (κ3) is 13.8. The molecule has 7 heterocycles. The van der Waals surface area contributed by atoms with E-state index in [-0.39, 0.29) is 0 Å². The van der Waals surface area contributed by atoms with Gasteiger partial charge in [0, 0.05) is 111 Å². The number of nitrogens with zero attached hydrogens (tertiary/aromatic N) is 18. The van der Waals surface area contributed by atoms with Gasteiger partial charge in [-0.05, 0) is 84.9 Å². The molecule has 578 valence electrons. The predicted octanol–water partition coefficient (Wildman–Crippen LogP) is 24.4. The molecular formula is C106H64N18. The number of benzene rings is 15. The van der Waals surface area contributed by atoms with Gasteiger partial charge in [-0.3, -0.25) is 0 Å². The van der Waals surface area contributed by atoms with Crippen LogP contribution in [-0.4, -0.2) is 83.9 Å². The van der Waals surface area contributed by atoms with Gasteiger partial charge in [-0.1, -0.05) is 303 Å². The lowest BCUT2D eigenvalue weighted by atomic mass is 10.1. The second kappa shape index (κ2) is 31.4. The van der Waals surface area contributed by atoms with Crippen LogP contribution in [0, 0.1) is 6.57 Å². The average molecular weight is 1590 g/mol. The van der Waals surface area contributed by atoms with E-state index in [9.17, 15) is 6.57 Å². The lowest BCUT2D eigenvalue weighted by Gasteiger charge is -2.21. The molecule has 0 saturated carbocycles. The van der Waals surface area contributed by atoms with E-state index in [2.05, 4.69) is 86.8 Å². The van der Waals surface area contributed by atoms with Crippen molar-refractivity contribution in [2.75, 3.05) is 0 Å². The Morgan fingerprint density at radius 3 is 0.476 bits per heavy atom. The molecule has 0 spiro atoms. The van der Waals surface area contributed by atoms with E-state index in [0.717, 1.165) is 122 Å². The Morgan fingerprint density at radius 2 is 0.315 bits per heavy atom. The topological polar surface area (TPSA) is 208 Å². The smallest absolute Gasteiger partial charge is 0.191 e. The minimum Gasteiger partial charge on any atom is -0.310 e. The zero-order valence-electron chi connectivity index (χ0n) is 66.0. The summed E-state index contributed by atoms with van der Waals surface area (Å²) in [7, 11) is 0. The molecule has 0 bridgehead atoms. The lowest BCUT2D eigenvalue weighted by Crippen LogP contribution is -2.08. The van der Waals surface area contributed by atoms with Gasteiger partial charge >= 0.3 is 0 Å². The van der Waals surface area contributed by atoms with E-state index in [1.54, 1.807) is 0 Å². The summed E-state index contributed by atoms with van der Waals surface area (Å²) in [4.78, 5) is 84.0. The maximum Gasteiger partial charge on any atom is 0.191 e. The molecule has 18 nitrogen and oxygen atoms in total. The van der Waals surface area contributed by atoms with E-state index >= 15 is 0 Å². The minimum atomic E-state index is 0.319. The SMILES string of the molecule is [C-]#[N+]c1cc(-n2c3ccc(-c4nc(-c5ccccc5)nc(-c5ccccc5)n4)cc3c3cc(-c4nc(-c5ccccc5)nc(-c5ccccc5)n4)ccc32)c(-c2nc(-c3ccccc3)nc(-c3ccccc3)n2)c(-n2c3ccc(-c4nc(-c5ccccc5)nc(-c5ccccc5)n4)cc3c3cc(-c4nc(-c5ccccc5)nc(-c5ccccc5)n4)ccc32)c1. The fraction of sp³-hybridized carbons (Fsp3) is 0. The Labute approximate surface area is 710 Å². The van der Waals surface area contributed by atoms with E-state index < -0.39 is 0 Å². The first-order valence-electron chi connectivity index (χ1n) is 40.5. The van der Waals surface area contributed by atoms with Crippen molar-refractivity contribution < 1.29 is 0 Å². The molecule has 0 radical (unpaired) electrons. The van der Waals surface area contributed by atoms with Crippen molar-refractivity contribution in [3.63, 3.8) is 0 Å². The van der Waals surface area contributed by atoms with Crippen molar-refractivity contribution in [3.05, 3.63) is 400 Å². The van der Waals surface area contributed by atoms with Crippen LogP contribution in [0.5, 0.6) is 0 Å². The van der Waals surface area contributed by atoms with Gasteiger partial charge in [0.15, 0.2) is 93.1 Å². The van der Waals surface area contributed by atoms with Crippen molar-refractivity contribution in [1.29, 1.82) is 0 Å². The van der Waals surface area contributed by atoms with Crippen LogP contribution < -0.4 is 0 Å². The molecule has 0 aliphatic heterocycles. The van der Waals surface area contributed by atoms with Gasteiger partial charge in [0.1, 0.15) is 0 Å². The lowest BCUT2D eigenvalue weighted by molar-refractivity contribution is 1.05. The highest BCUT2D eigenvalue weighted by molar-refractivity contribution is 6.14. The third-order valence-corrected chi connectivity index (χ3v) is 22.0. The zero-order valence-corrected chi connectivity index (χ0v) is 66.0. The van der Waals surface area contributed by atoms with E-state index in [1.807, 2.05) is 315 Å². The first-order valence-corrected chi connectivity index (χ1v) is 40.5. The van der Waals surface area contributed by atoms with Crippen LogP contribution in [0.4, 0.5) is 5.69 Å². The summed E-state index contributed by atoms with van der Waals surface area (Å²) in [5.41, 5.74) is 16.2. The van der Waals surface area contributed by atoms with Gasteiger partial charge in [0.2, 0.25) is 0 Å². The van der Waals surface area contributed by atoms with E-state index in [0.29, 0.717) is 110 Å². The Morgan fingerprint density at radius 1 is 0.161 bits per heavy atom. The van der Waals surface area contributed by atoms with Crippen LogP contribution in [0.2, 0.25) is 0 Å². The summed E-state index contributed by atoms with van der Waals surface area (Å²) in [6, 6.07) is 129. The molecular weight excluding hydrogens is 1530 g/mol. The standard InChI is InChI=1S/C106H64N18/c1-107-80-64-89(123-85-56-52-76(102-113-92(66-32-12-2-13-33-66)108-93(114-102)67-34-14-3-15-35-67)60-81(85)82-61-77(53-57-86(82)123)103-115-94(68-36-16-4-17-37-68)109-95(116-103)69-38-18-5-19-39-69)91(106-121-100(74-48-28-10-29-49-74)112-101(122-106)75-50-30-11-31-51-75)90(65-80)124-87-58-54-78(104-117-96(70-40-20-6-21-41-70)110-97(118-104)71-42-22-7-23-43-71)62-83(87)84-63-79(55-59-88(84)124)105-119-98(72-44-24-8-25-45-72)111-99(120-105)73-46-26-9-27-47-73/h2-65H. The van der Waals surface area contributed by atoms with Crippen LogP contribution in [0.25, 0.3) is 231 Å². The highest BCUT2D eigenvalue weighted by atomic mass is 15.1. The fourth-order valence-corrected chi connectivity index (χ4v) is 16.0. The van der Waals surface area contributed by atoms with Crippen molar-refractivity contribution in [1.82, 2.24) is 83.9 Å². The molecule has 0 fully saturated rings. The van der Waals surface area contributed by atoms with Crippen LogP contribution in [0.3, 0.4) is 0 Å². The second-order valence-electron chi connectivity index (χ2n) is 29.8. The second-order valence-corrected chi connectivity index (χ2v) is 29.8. The van der Waals surface area contributed by atoms with Gasteiger partial charge < -0.3 is 9.13 Å². The van der Waals surface area contributed by atoms with Crippen molar-refractivity contribution in [3.8, 4) is 182 Å². The molecule has 0 amide bonds. The van der Waals surface area contributed by atoms with Gasteiger partial charge in [-0.25, -0.2) is 79.6 Å². The Balaban J connectivity index is 0.849. The fourth-order valence-electron chi connectivity index (χ4n) is 16.0. The molecule has 18 heteroatoms. The van der Waals surface area contributed by atoms with Gasteiger partial charge in [0.05, 0.1) is 34.2 Å². The number of aromatic nitrogens is 17. The van der Waals surface area contributed by atoms with Crippen LogP contribution in [0.1, 0.15) is 0 Å². The summed E-state index contributed by atoms with van der Waals surface area (Å²) in [5, 5.41) is 3.26. The first kappa shape index (κ1) is 72.9. The summed E-state index contributed by atoms with van der Waals surface area (Å²) in [6.07, 6.45) is 0. The first-order chi connectivity index (χ1) is 61.4. The zero-order chi connectivity index (χ0) is 82.4. The number of rotatable bonds is 17. The highest BCUT2D eigenvalue weighted by Crippen LogP contribution is 2.47. The van der Waals surface area contributed by atoms with Crippen LogP contribution in [-0.2, 0) is 0 Å². The predicted molar refractivity (Wildman–Crippen MR) is 490 cm³/mol. The Kier molecular flexibility index (Phi) is 18.4. The normalized spacial score (nSPS) is 11.4. The van der Waals surface area contributed by atoms with Crippen molar-refractivity contribution in [2.45, 2.75) is 0 Å².